The van der Waals surface area contributed by atoms with Crippen LogP contribution >= 0.6 is 0 Å². The summed E-state index contributed by atoms with van der Waals surface area (Å²) in [5, 5.41) is 2.85. The second kappa shape index (κ2) is 7.57. The van der Waals surface area contributed by atoms with Gasteiger partial charge < -0.3 is 15.0 Å². The zero-order chi connectivity index (χ0) is 16.8. The van der Waals surface area contributed by atoms with Crippen LogP contribution in [0.25, 0.3) is 22.7 Å². The van der Waals surface area contributed by atoms with Crippen molar-refractivity contribution in [2.75, 3.05) is 20.3 Å². The van der Waals surface area contributed by atoms with Gasteiger partial charge in [0.1, 0.15) is 5.82 Å². The summed E-state index contributed by atoms with van der Waals surface area (Å²) in [6, 6.07) is 17.4. The zero-order valence-electron chi connectivity index (χ0n) is 13.5. The number of fused-ring (bicyclic) bond motifs is 1. The van der Waals surface area contributed by atoms with Crippen molar-refractivity contribution in [1.29, 1.82) is 0 Å². The molecule has 0 spiro atoms. The Morgan fingerprint density at radius 1 is 1.17 bits per heavy atom. The number of benzene rings is 2. The SMILES string of the molecule is COCCNC(=O)/C(=C/c1ccccc1)c1nc2ccccc2[nH]1. The van der Waals surface area contributed by atoms with Gasteiger partial charge in [-0.05, 0) is 23.8 Å². The van der Waals surface area contributed by atoms with Crippen LogP contribution in [0.5, 0.6) is 0 Å². The number of hydrogen-bond donors (Lipinski definition) is 2. The molecule has 24 heavy (non-hydrogen) atoms. The minimum Gasteiger partial charge on any atom is -0.383 e. The number of ether oxygens (including phenoxy) is 1. The Labute approximate surface area is 140 Å². The lowest BCUT2D eigenvalue weighted by molar-refractivity contribution is -0.115. The Morgan fingerprint density at radius 3 is 2.67 bits per heavy atom. The van der Waals surface area contributed by atoms with Gasteiger partial charge in [0, 0.05) is 13.7 Å². The molecule has 1 aromatic heterocycles. The molecule has 0 radical (unpaired) electrons. The monoisotopic (exact) mass is 321 g/mol. The first kappa shape index (κ1) is 16.0. The maximum Gasteiger partial charge on any atom is 0.255 e. The molecular formula is C19H19N3O2. The molecule has 0 saturated carbocycles. The molecule has 1 heterocycles. The lowest BCUT2D eigenvalue weighted by Crippen LogP contribution is -2.28. The van der Waals surface area contributed by atoms with Gasteiger partial charge in [0.25, 0.3) is 5.91 Å². The molecule has 0 aliphatic rings. The summed E-state index contributed by atoms with van der Waals surface area (Å²) in [6.07, 6.45) is 1.83. The number of methoxy groups -OCH3 is 1. The Hall–Kier alpha value is -2.92. The minimum atomic E-state index is -0.185. The normalized spacial score (nSPS) is 11.6. The fourth-order valence-electron chi connectivity index (χ4n) is 2.40. The molecule has 122 valence electrons. The van der Waals surface area contributed by atoms with Crippen molar-refractivity contribution < 1.29 is 9.53 Å². The number of hydrogen-bond acceptors (Lipinski definition) is 3. The van der Waals surface area contributed by atoms with Crippen molar-refractivity contribution in [1.82, 2.24) is 15.3 Å². The summed E-state index contributed by atoms with van der Waals surface area (Å²) in [6.45, 7) is 0.909. The number of carbonyl (C=O) groups excluding carboxylic acids is 1. The molecule has 0 saturated heterocycles. The third-order valence-electron chi connectivity index (χ3n) is 3.59. The van der Waals surface area contributed by atoms with Crippen molar-refractivity contribution in [2.24, 2.45) is 0 Å². The van der Waals surface area contributed by atoms with Gasteiger partial charge in [-0.15, -0.1) is 0 Å². The van der Waals surface area contributed by atoms with Gasteiger partial charge in [0.05, 0.1) is 23.2 Å². The Morgan fingerprint density at radius 2 is 1.92 bits per heavy atom. The van der Waals surface area contributed by atoms with E-state index in [2.05, 4.69) is 15.3 Å². The van der Waals surface area contributed by atoms with Crippen molar-refractivity contribution in [2.45, 2.75) is 0 Å². The largest absolute Gasteiger partial charge is 0.383 e. The second-order valence-corrected chi connectivity index (χ2v) is 5.32. The molecule has 0 aliphatic carbocycles. The number of para-hydroxylation sites is 2. The highest BCUT2D eigenvalue weighted by Gasteiger charge is 2.16. The first-order chi connectivity index (χ1) is 11.8. The minimum absolute atomic E-state index is 0.185. The summed E-state index contributed by atoms with van der Waals surface area (Å²) in [5.74, 6) is 0.366. The molecule has 0 unspecified atom stereocenters. The first-order valence-corrected chi connectivity index (χ1v) is 7.77. The topological polar surface area (TPSA) is 67.0 Å². The molecule has 0 aliphatic heterocycles. The van der Waals surface area contributed by atoms with Crippen LogP contribution in [0.4, 0.5) is 0 Å². The first-order valence-electron chi connectivity index (χ1n) is 7.77. The zero-order valence-corrected chi connectivity index (χ0v) is 13.5. The fourth-order valence-corrected chi connectivity index (χ4v) is 2.40. The number of rotatable bonds is 6. The maximum atomic E-state index is 12.6. The second-order valence-electron chi connectivity index (χ2n) is 5.32. The van der Waals surface area contributed by atoms with E-state index in [0.717, 1.165) is 16.6 Å². The number of nitrogens with one attached hydrogen (secondary N) is 2. The van der Waals surface area contributed by atoms with Crippen molar-refractivity contribution in [3.8, 4) is 0 Å². The van der Waals surface area contributed by atoms with Crippen LogP contribution in [0.1, 0.15) is 11.4 Å². The van der Waals surface area contributed by atoms with Gasteiger partial charge in [-0.2, -0.15) is 0 Å². The molecule has 3 aromatic rings. The van der Waals surface area contributed by atoms with Gasteiger partial charge in [-0.25, -0.2) is 4.98 Å². The number of aromatic amines is 1. The van der Waals surface area contributed by atoms with Gasteiger partial charge in [0.2, 0.25) is 0 Å². The molecule has 0 atom stereocenters. The summed E-state index contributed by atoms with van der Waals surface area (Å²) < 4.78 is 4.99. The molecule has 1 amide bonds. The predicted octanol–water partition coefficient (Wildman–Crippen LogP) is 2.87. The molecule has 2 N–H and O–H groups in total. The van der Waals surface area contributed by atoms with E-state index >= 15 is 0 Å². The maximum absolute atomic E-state index is 12.6. The lowest BCUT2D eigenvalue weighted by atomic mass is 10.1. The van der Waals surface area contributed by atoms with E-state index in [1.807, 2.05) is 60.7 Å². The molecular weight excluding hydrogens is 302 g/mol. The quantitative estimate of drug-likeness (QED) is 0.542. The van der Waals surface area contributed by atoms with E-state index < -0.39 is 0 Å². The van der Waals surface area contributed by atoms with Crippen LogP contribution in [0.15, 0.2) is 54.6 Å². The summed E-state index contributed by atoms with van der Waals surface area (Å²) >= 11 is 0. The van der Waals surface area contributed by atoms with E-state index in [9.17, 15) is 4.79 Å². The van der Waals surface area contributed by atoms with Gasteiger partial charge in [-0.1, -0.05) is 42.5 Å². The number of aromatic nitrogens is 2. The Bertz CT molecular complexity index is 820. The number of H-pyrrole nitrogens is 1. The number of imidazole rings is 1. The number of amides is 1. The average molecular weight is 321 g/mol. The molecule has 0 fully saturated rings. The average Bonchev–Trinajstić information content (AvgIpc) is 3.04. The lowest BCUT2D eigenvalue weighted by Gasteiger charge is -2.07. The Kier molecular flexibility index (Phi) is 5.03. The Balaban J connectivity index is 1.97. The van der Waals surface area contributed by atoms with Crippen molar-refractivity contribution in [3.05, 3.63) is 66.0 Å². The predicted molar refractivity (Wildman–Crippen MR) is 95.3 cm³/mol. The van der Waals surface area contributed by atoms with Gasteiger partial charge in [0.15, 0.2) is 0 Å². The highest BCUT2D eigenvalue weighted by Crippen LogP contribution is 2.19. The summed E-state index contributed by atoms with van der Waals surface area (Å²) in [4.78, 5) is 20.4. The van der Waals surface area contributed by atoms with Gasteiger partial charge >= 0.3 is 0 Å². The fraction of sp³-hybridized carbons (Fsp3) is 0.158. The van der Waals surface area contributed by atoms with E-state index in [0.29, 0.717) is 24.5 Å². The van der Waals surface area contributed by atoms with E-state index in [-0.39, 0.29) is 5.91 Å². The van der Waals surface area contributed by atoms with Crippen LogP contribution in [0, 0.1) is 0 Å². The van der Waals surface area contributed by atoms with Crippen LogP contribution in [0.2, 0.25) is 0 Å². The molecule has 0 bridgehead atoms. The molecule has 5 heteroatoms. The number of carbonyl (C=O) groups is 1. The third kappa shape index (κ3) is 3.70. The summed E-state index contributed by atoms with van der Waals surface area (Å²) in [5.41, 5.74) is 3.16. The highest BCUT2D eigenvalue weighted by atomic mass is 16.5. The van der Waals surface area contributed by atoms with Gasteiger partial charge in [-0.3, -0.25) is 4.79 Å². The van der Waals surface area contributed by atoms with E-state index in [1.54, 1.807) is 7.11 Å². The van der Waals surface area contributed by atoms with E-state index in [1.165, 1.54) is 0 Å². The molecule has 2 aromatic carbocycles. The molecule has 3 rings (SSSR count). The van der Waals surface area contributed by atoms with Crippen molar-refractivity contribution in [3.63, 3.8) is 0 Å². The van der Waals surface area contributed by atoms with Crippen LogP contribution < -0.4 is 5.32 Å². The highest BCUT2D eigenvalue weighted by molar-refractivity contribution is 6.23. The standard InChI is InChI=1S/C19H19N3O2/c1-24-12-11-20-19(23)15(13-14-7-3-2-4-8-14)18-21-16-9-5-6-10-17(16)22-18/h2-10,13H,11-12H2,1H3,(H,20,23)(H,21,22)/b15-13+. The molecule has 5 nitrogen and oxygen atoms in total. The smallest absolute Gasteiger partial charge is 0.255 e. The van der Waals surface area contributed by atoms with E-state index in [4.69, 9.17) is 4.74 Å². The van der Waals surface area contributed by atoms with Crippen LogP contribution in [-0.4, -0.2) is 36.1 Å². The number of nitrogens with zero attached hydrogens (tertiary/aromatic N) is 1. The van der Waals surface area contributed by atoms with Crippen molar-refractivity contribution >= 4 is 28.6 Å². The van der Waals surface area contributed by atoms with Crippen LogP contribution in [0.3, 0.4) is 0 Å². The third-order valence-corrected chi connectivity index (χ3v) is 3.59. The van der Waals surface area contributed by atoms with Crippen LogP contribution in [-0.2, 0) is 9.53 Å². The summed E-state index contributed by atoms with van der Waals surface area (Å²) in [7, 11) is 1.60.